The van der Waals surface area contributed by atoms with Crippen molar-refractivity contribution in [1.29, 1.82) is 0 Å². The predicted molar refractivity (Wildman–Crippen MR) is 69.8 cm³/mol. The molecule has 1 aromatic heterocycles. The number of benzene rings is 1. The van der Waals surface area contributed by atoms with E-state index in [1.165, 1.54) is 6.07 Å². The lowest BCUT2D eigenvalue weighted by atomic mass is 10.2. The van der Waals surface area contributed by atoms with Crippen LogP contribution < -0.4 is 0 Å². The molecule has 1 aromatic carbocycles. The van der Waals surface area contributed by atoms with Gasteiger partial charge in [-0.25, -0.2) is 9.37 Å². The first-order chi connectivity index (χ1) is 10.4. The third-order valence-electron chi connectivity index (χ3n) is 3.79. The van der Waals surface area contributed by atoms with Crippen molar-refractivity contribution in [2.75, 3.05) is 13.2 Å². The number of nitrogens with zero attached hydrogens (tertiary/aromatic N) is 2. The van der Waals surface area contributed by atoms with Crippen molar-refractivity contribution in [2.45, 2.75) is 31.4 Å². The van der Waals surface area contributed by atoms with Gasteiger partial charge in [0.25, 0.3) is 0 Å². The summed E-state index contributed by atoms with van der Waals surface area (Å²) in [5.41, 5.74) is -0.431. The maximum atomic E-state index is 13.4. The number of halogens is 4. The zero-order valence-corrected chi connectivity index (χ0v) is 11.5. The van der Waals surface area contributed by atoms with Gasteiger partial charge in [-0.1, -0.05) is 0 Å². The number of hydrogen-bond acceptors (Lipinski definition) is 4. The molecule has 0 bridgehead atoms. The molecule has 22 heavy (non-hydrogen) atoms. The number of likely N-dealkylation sites (tertiary alicyclic amines) is 1. The summed E-state index contributed by atoms with van der Waals surface area (Å²) in [6, 6.07) is 2.76. The molecule has 0 radical (unpaired) electrons. The predicted octanol–water partition coefficient (Wildman–Crippen LogP) is 2.75. The number of oxazole rings is 1. The SMILES string of the molecule is OC[C@@H]1C[C@H](F)CN1Cc1nc2cc(C(F)(F)F)ccc2o1. The van der Waals surface area contributed by atoms with E-state index in [9.17, 15) is 22.7 Å². The zero-order valence-electron chi connectivity index (χ0n) is 11.5. The summed E-state index contributed by atoms with van der Waals surface area (Å²) in [6.45, 7) is 0.123. The molecule has 1 aliphatic rings. The summed E-state index contributed by atoms with van der Waals surface area (Å²) >= 11 is 0. The second-order valence-electron chi connectivity index (χ2n) is 5.39. The van der Waals surface area contributed by atoms with Gasteiger partial charge in [0.05, 0.1) is 18.7 Å². The smallest absolute Gasteiger partial charge is 0.416 e. The fourth-order valence-corrected chi connectivity index (χ4v) is 2.70. The van der Waals surface area contributed by atoms with Crippen LogP contribution in [0.1, 0.15) is 17.9 Å². The minimum atomic E-state index is -4.44. The maximum Gasteiger partial charge on any atom is 0.416 e. The molecule has 2 atom stereocenters. The normalized spacial score (nSPS) is 23.5. The lowest BCUT2D eigenvalue weighted by molar-refractivity contribution is -0.137. The van der Waals surface area contributed by atoms with Gasteiger partial charge in [-0.05, 0) is 24.6 Å². The highest BCUT2D eigenvalue weighted by atomic mass is 19.4. The Labute approximate surface area is 123 Å². The van der Waals surface area contributed by atoms with Crippen LogP contribution >= 0.6 is 0 Å². The van der Waals surface area contributed by atoms with Gasteiger partial charge >= 0.3 is 6.18 Å². The highest BCUT2D eigenvalue weighted by Crippen LogP contribution is 2.32. The van der Waals surface area contributed by atoms with Crippen LogP contribution in [0, 0.1) is 0 Å². The van der Waals surface area contributed by atoms with E-state index in [-0.39, 0.29) is 49.1 Å². The minimum Gasteiger partial charge on any atom is -0.439 e. The molecule has 0 aliphatic carbocycles. The van der Waals surface area contributed by atoms with Crippen molar-refractivity contribution in [3.8, 4) is 0 Å². The van der Waals surface area contributed by atoms with Crippen molar-refractivity contribution in [3.05, 3.63) is 29.7 Å². The highest BCUT2D eigenvalue weighted by molar-refractivity contribution is 5.73. The van der Waals surface area contributed by atoms with Crippen molar-refractivity contribution in [2.24, 2.45) is 0 Å². The third kappa shape index (κ3) is 2.93. The number of aromatic nitrogens is 1. The number of alkyl halides is 4. The number of aliphatic hydroxyl groups is 1. The summed E-state index contributed by atoms with van der Waals surface area (Å²) in [6.07, 6.45) is -5.24. The Kier molecular flexibility index (Phi) is 3.82. The lowest BCUT2D eigenvalue weighted by Gasteiger charge is -2.19. The molecule has 0 spiro atoms. The largest absolute Gasteiger partial charge is 0.439 e. The van der Waals surface area contributed by atoms with Gasteiger partial charge in [-0.2, -0.15) is 13.2 Å². The van der Waals surface area contributed by atoms with Crippen LogP contribution in [0.3, 0.4) is 0 Å². The van der Waals surface area contributed by atoms with E-state index in [1.54, 1.807) is 4.90 Å². The molecule has 0 unspecified atom stereocenters. The number of rotatable bonds is 3. The lowest BCUT2D eigenvalue weighted by Crippen LogP contribution is -2.31. The van der Waals surface area contributed by atoms with Gasteiger partial charge < -0.3 is 9.52 Å². The number of hydrogen-bond donors (Lipinski definition) is 1. The van der Waals surface area contributed by atoms with Crippen molar-refractivity contribution in [1.82, 2.24) is 9.88 Å². The average Bonchev–Trinajstić information content (AvgIpc) is 2.99. The third-order valence-corrected chi connectivity index (χ3v) is 3.79. The summed E-state index contributed by atoms with van der Waals surface area (Å²) in [5.74, 6) is 0.210. The van der Waals surface area contributed by atoms with Crippen LogP contribution in [0.2, 0.25) is 0 Å². The van der Waals surface area contributed by atoms with Gasteiger partial charge in [0.15, 0.2) is 5.58 Å². The van der Waals surface area contributed by atoms with E-state index >= 15 is 0 Å². The summed E-state index contributed by atoms with van der Waals surface area (Å²) in [5, 5.41) is 9.21. The average molecular weight is 318 g/mol. The van der Waals surface area contributed by atoms with Crippen LogP contribution in [-0.2, 0) is 12.7 Å². The van der Waals surface area contributed by atoms with E-state index in [0.717, 1.165) is 12.1 Å². The molecule has 0 saturated carbocycles. The summed E-state index contributed by atoms with van der Waals surface area (Å²) in [4.78, 5) is 5.71. The Morgan fingerprint density at radius 2 is 2.14 bits per heavy atom. The molecule has 0 amide bonds. The first-order valence-electron chi connectivity index (χ1n) is 6.82. The quantitative estimate of drug-likeness (QED) is 0.884. The van der Waals surface area contributed by atoms with Crippen LogP contribution in [0.25, 0.3) is 11.1 Å². The second-order valence-corrected chi connectivity index (χ2v) is 5.39. The van der Waals surface area contributed by atoms with Gasteiger partial charge in [-0.15, -0.1) is 0 Å². The number of aliphatic hydroxyl groups excluding tert-OH is 1. The topological polar surface area (TPSA) is 49.5 Å². The maximum absolute atomic E-state index is 13.4. The molecule has 1 aliphatic heterocycles. The van der Waals surface area contributed by atoms with Gasteiger partial charge in [0.1, 0.15) is 11.7 Å². The van der Waals surface area contributed by atoms with Gasteiger partial charge in [0, 0.05) is 12.6 Å². The second kappa shape index (κ2) is 5.51. The van der Waals surface area contributed by atoms with E-state index in [2.05, 4.69) is 4.98 Å². The van der Waals surface area contributed by atoms with Crippen LogP contribution in [-0.4, -0.2) is 40.4 Å². The molecule has 1 fully saturated rings. The van der Waals surface area contributed by atoms with Gasteiger partial charge in [-0.3, -0.25) is 4.90 Å². The molecule has 3 rings (SSSR count). The molecule has 1 saturated heterocycles. The summed E-state index contributed by atoms with van der Waals surface area (Å²) < 4.78 is 56.7. The molecular formula is C14H14F4N2O2. The Bertz CT molecular complexity index is 670. The summed E-state index contributed by atoms with van der Waals surface area (Å²) in [7, 11) is 0. The van der Waals surface area contributed by atoms with Crippen molar-refractivity contribution >= 4 is 11.1 Å². The van der Waals surface area contributed by atoms with E-state index in [1.807, 2.05) is 0 Å². The zero-order chi connectivity index (χ0) is 15.9. The molecule has 8 heteroatoms. The molecule has 2 aromatic rings. The fourth-order valence-electron chi connectivity index (χ4n) is 2.70. The van der Waals surface area contributed by atoms with Crippen molar-refractivity contribution in [3.63, 3.8) is 0 Å². The molecule has 2 heterocycles. The minimum absolute atomic E-state index is 0.112. The first-order valence-corrected chi connectivity index (χ1v) is 6.82. The molecule has 4 nitrogen and oxygen atoms in total. The Morgan fingerprint density at radius 1 is 1.36 bits per heavy atom. The number of fused-ring (bicyclic) bond motifs is 1. The molecule has 1 N–H and O–H groups in total. The van der Waals surface area contributed by atoms with E-state index < -0.39 is 17.9 Å². The Morgan fingerprint density at radius 3 is 2.82 bits per heavy atom. The standard InChI is InChI=1S/C14H14F4N2O2/c15-9-4-10(7-21)20(5-9)6-13-19-11-3-8(14(16,17)18)1-2-12(11)22-13/h1-3,9-10,21H,4-7H2/t9-,10-/m0/s1. The molecular weight excluding hydrogens is 304 g/mol. The van der Waals surface area contributed by atoms with Crippen molar-refractivity contribution < 1.29 is 27.1 Å². The first kappa shape index (κ1) is 15.2. The Hall–Kier alpha value is -1.67. The monoisotopic (exact) mass is 318 g/mol. The van der Waals surface area contributed by atoms with Crippen LogP contribution in [0.4, 0.5) is 17.6 Å². The van der Waals surface area contributed by atoms with Gasteiger partial charge in [0.2, 0.25) is 5.89 Å². The van der Waals surface area contributed by atoms with E-state index in [0.29, 0.717) is 0 Å². The van der Waals surface area contributed by atoms with Crippen LogP contribution in [0.15, 0.2) is 22.6 Å². The highest BCUT2D eigenvalue weighted by Gasteiger charge is 2.33. The van der Waals surface area contributed by atoms with E-state index in [4.69, 9.17) is 4.42 Å². The molecule has 120 valence electrons. The Balaban J connectivity index is 1.83. The van der Waals surface area contributed by atoms with Crippen LogP contribution in [0.5, 0.6) is 0 Å². The fraction of sp³-hybridized carbons (Fsp3) is 0.500.